The summed E-state index contributed by atoms with van der Waals surface area (Å²) < 4.78 is 0. The maximum atomic E-state index is 9.15. The summed E-state index contributed by atoms with van der Waals surface area (Å²) in [7, 11) is -1.44. The molecule has 0 radical (unpaired) electrons. The van der Waals surface area contributed by atoms with Crippen molar-refractivity contribution in [2.45, 2.75) is 6.42 Å². The molecule has 0 atom stereocenters. The first-order valence-corrected chi connectivity index (χ1v) is 4.68. The zero-order valence-electron chi connectivity index (χ0n) is 8.09. The van der Waals surface area contributed by atoms with Crippen LogP contribution in [0, 0.1) is 0 Å². The average Bonchev–Trinajstić information content (AvgIpc) is 2.71. The van der Waals surface area contributed by atoms with Crippen molar-refractivity contribution < 1.29 is 19.8 Å². The Morgan fingerprint density at radius 2 is 2.27 bits per heavy atom. The molecule has 15 heavy (non-hydrogen) atoms. The number of hydrogen-bond acceptors (Lipinski definition) is 4. The molecule has 0 aromatic heterocycles. The fraction of sp³-hybridized carbons (Fsp3) is 0.200. The van der Waals surface area contributed by atoms with E-state index in [2.05, 4.69) is 4.89 Å². The lowest BCUT2D eigenvalue weighted by molar-refractivity contribution is -0.221. The summed E-state index contributed by atoms with van der Waals surface area (Å²) in [6, 6.07) is 0. The summed E-state index contributed by atoms with van der Waals surface area (Å²) >= 11 is 0. The van der Waals surface area contributed by atoms with Gasteiger partial charge in [0.15, 0.2) is 0 Å². The van der Waals surface area contributed by atoms with Crippen LogP contribution in [-0.2, 0) is 9.78 Å². The third kappa shape index (κ3) is 2.39. The highest BCUT2D eigenvalue weighted by Crippen LogP contribution is 2.23. The summed E-state index contributed by atoms with van der Waals surface area (Å²) in [5, 5.41) is 18.3. The van der Waals surface area contributed by atoms with Crippen LogP contribution in [-0.4, -0.2) is 23.8 Å². The van der Waals surface area contributed by atoms with Crippen LogP contribution in [0.15, 0.2) is 47.2 Å². The number of rotatable bonds is 2. The minimum absolute atomic E-state index is 0.391. The Hall–Kier alpha value is -1.30. The van der Waals surface area contributed by atoms with Crippen LogP contribution in [0.2, 0.25) is 0 Å². The molecule has 2 rings (SSSR count). The largest absolute Gasteiger partial charge is 0.488 e. The highest BCUT2D eigenvalue weighted by molar-refractivity contribution is 6.52. The van der Waals surface area contributed by atoms with E-state index in [1.54, 1.807) is 6.08 Å². The lowest BCUT2D eigenvalue weighted by Crippen LogP contribution is -2.18. The summed E-state index contributed by atoms with van der Waals surface area (Å²) in [5.74, 6) is 0. The standard InChI is InChI=1S/C10H11BO4/c12-11(13)10-4-2-1-3-9(10)5-8-6-14-15-7-8/h1-2,4-6,12-13H,3,7H2. The van der Waals surface area contributed by atoms with Crippen LogP contribution < -0.4 is 0 Å². The smallest absolute Gasteiger partial charge is 0.423 e. The van der Waals surface area contributed by atoms with Crippen molar-refractivity contribution in [1.29, 1.82) is 0 Å². The lowest BCUT2D eigenvalue weighted by atomic mass is 9.71. The maximum Gasteiger partial charge on any atom is 0.488 e. The van der Waals surface area contributed by atoms with Crippen LogP contribution >= 0.6 is 0 Å². The van der Waals surface area contributed by atoms with Crippen molar-refractivity contribution >= 4 is 7.12 Å². The summed E-state index contributed by atoms with van der Waals surface area (Å²) in [6.07, 6.45) is 9.49. The molecule has 1 aliphatic carbocycles. The molecule has 0 saturated carbocycles. The van der Waals surface area contributed by atoms with Gasteiger partial charge in [0.25, 0.3) is 0 Å². The van der Waals surface area contributed by atoms with Gasteiger partial charge in [0.1, 0.15) is 12.9 Å². The fourth-order valence-electron chi connectivity index (χ4n) is 1.52. The molecule has 4 nitrogen and oxygen atoms in total. The third-order valence-corrected chi connectivity index (χ3v) is 2.25. The Morgan fingerprint density at radius 3 is 2.93 bits per heavy atom. The van der Waals surface area contributed by atoms with E-state index >= 15 is 0 Å². The summed E-state index contributed by atoms with van der Waals surface area (Å²) in [4.78, 5) is 9.32. The van der Waals surface area contributed by atoms with Gasteiger partial charge in [0.2, 0.25) is 0 Å². The molecule has 0 spiro atoms. The van der Waals surface area contributed by atoms with Gasteiger partial charge in [-0.1, -0.05) is 24.3 Å². The molecule has 0 aromatic rings. The molecule has 0 bridgehead atoms. The van der Waals surface area contributed by atoms with Crippen LogP contribution in [0.5, 0.6) is 0 Å². The van der Waals surface area contributed by atoms with Gasteiger partial charge in [-0.15, -0.1) is 0 Å². The molecule has 0 fully saturated rings. The van der Waals surface area contributed by atoms with E-state index in [9.17, 15) is 0 Å². The van der Waals surface area contributed by atoms with E-state index in [1.807, 2.05) is 18.2 Å². The van der Waals surface area contributed by atoms with Gasteiger partial charge in [0, 0.05) is 5.57 Å². The summed E-state index contributed by atoms with van der Waals surface area (Å²) in [5.41, 5.74) is 2.27. The zero-order chi connectivity index (χ0) is 10.7. The lowest BCUT2D eigenvalue weighted by Gasteiger charge is -2.12. The van der Waals surface area contributed by atoms with Crippen LogP contribution in [0.3, 0.4) is 0 Å². The molecular weight excluding hydrogens is 195 g/mol. The van der Waals surface area contributed by atoms with Gasteiger partial charge >= 0.3 is 7.12 Å². The van der Waals surface area contributed by atoms with Crippen molar-refractivity contribution in [3.05, 3.63) is 47.2 Å². The second-order valence-electron chi connectivity index (χ2n) is 3.35. The Bertz CT molecular complexity index is 366. The molecule has 2 N–H and O–H groups in total. The highest BCUT2D eigenvalue weighted by Gasteiger charge is 2.20. The zero-order valence-corrected chi connectivity index (χ0v) is 8.09. The molecule has 0 saturated heterocycles. The molecule has 1 heterocycles. The first-order chi connectivity index (χ1) is 7.27. The predicted octanol–water partition coefficient (Wildman–Crippen LogP) is 0.657. The predicted molar refractivity (Wildman–Crippen MR) is 55.2 cm³/mol. The second-order valence-corrected chi connectivity index (χ2v) is 3.35. The normalized spacial score (nSPS) is 22.4. The molecule has 0 aromatic carbocycles. The van der Waals surface area contributed by atoms with Crippen molar-refractivity contribution in [3.63, 3.8) is 0 Å². The maximum absolute atomic E-state index is 9.15. The highest BCUT2D eigenvalue weighted by atomic mass is 17.2. The monoisotopic (exact) mass is 206 g/mol. The number of allylic oxidation sites excluding steroid dienone is 5. The molecule has 2 aliphatic rings. The Kier molecular flexibility index (Phi) is 3.06. The van der Waals surface area contributed by atoms with Gasteiger partial charge in [-0.05, 0) is 17.5 Å². The van der Waals surface area contributed by atoms with Gasteiger partial charge in [-0.25, -0.2) is 0 Å². The van der Waals surface area contributed by atoms with E-state index in [0.29, 0.717) is 18.5 Å². The minimum Gasteiger partial charge on any atom is -0.423 e. The van der Waals surface area contributed by atoms with Gasteiger partial charge in [-0.2, -0.15) is 4.89 Å². The molecule has 1 aliphatic heterocycles. The molecule has 0 unspecified atom stereocenters. The first-order valence-electron chi connectivity index (χ1n) is 4.68. The summed E-state index contributed by atoms with van der Waals surface area (Å²) in [6.45, 7) is 0.391. The average molecular weight is 206 g/mol. The van der Waals surface area contributed by atoms with Crippen LogP contribution in [0.1, 0.15) is 6.42 Å². The van der Waals surface area contributed by atoms with E-state index in [-0.39, 0.29) is 0 Å². The topological polar surface area (TPSA) is 58.9 Å². The fourth-order valence-corrected chi connectivity index (χ4v) is 1.52. The van der Waals surface area contributed by atoms with Crippen molar-refractivity contribution in [2.75, 3.05) is 6.61 Å². The van der Waals surface area contributed by atoms with Gasteiger partial charge in [-0.3, -0.25) is 0 Å². The second kappa shape index (κ2) is 4.48. The van der Waals surface area contributed by atoms with Gasteiger partial charge < -0.3 is 14.9 Å². The quantitative estimate of drug-likeness (QED) is 0.514. The molecule has 78 valence electrons. The minimum atomic E-state index is -1.44. The van der Waals surface area contributed by atoms with E-state index in [0.717, 1.165) is 11.1 Å². The van der Waals surface area contributed by atoms with Gasteiger partial charge in [0.05, 0.1) is 0 Å². The van der Waals surface area contributed by atoms with Crippen molar-refractivity contribution in [3.8, 4) is 0 Å². The third-order valence-electron chi connectivity index (χ3n) is 2.25. The Balaban J connectivity index is 2.21. The molecule has 0 amide bonds. The SMILES string of the molecule is OB(O)C1=CC=CCC1=CC1=COOC1. The Morgan fingerprint density at radius 1 is 1.40 bits per heavy atom. The Labute approximate surface area is 87.9 Å². The van der Waals surface area contributed by atoms with E-state index < -0.39 is 7.12 Å². The van der Waals surface area contributed by atoms with Crippen molar-refractivity contribution in [1.82, 2.24) is 0 Å². The first kappa shape index (κ1) is 10.2. The van der Waals surface area contributed by atoms with E-state index in [1.165, 1.54) is 6.26 Å². The number of hydrogen-bond donors (Lipinski definition) is 2. The molecule has 5 heteroatoms. The van der Waals surface area contributed by atoms with Crippen LogP contribution in [0.25, 0.3) is 0 Å². The van der Waals surface area contributed by atoms with Crippen LogP contribution in [0.4, 0.5) is 0 Å². The van der Waals surface area contributed by atoms with E-state index in [4.69, 9.17) is 14.9 Å². The van der Waals surface area contributed by atoms with Crippen molar-refractivity contribution in [2.24, 2.45) is 0 Å². The molecular formula is C10H11BO4.